The monoisotopic (exact) mass is 387 g/mol. The third kappa shape index (κ3) is 6.42. The maximum Gasteiger partial charge on any atom is 0.237 e. The topological polar surface area (TPSA) is 35.6 Å². The lowest BCUT2D eigenvalue weighted by Crippen LogP contribution is -2.46. The molecule has 0 bridgehead atoms. The van der Waals surface area contributed by atoms with Crippen LogP contribution >= 0.6 is 0 Å². The van der Waals surface area contributed by atoms with Crippen LogP contribution in [0.15, 0.2) is 35.9 Å². The average Bonchev–Trinajstić information content (AvgIpc) is 2.95. The Bertz CT molecular complexity index is 658. The Labute approximate surface area is 168 Å². The molecule has 4 nitrogen and oxygen atoms in total. The highest BCUT2D eigenvalue weighted by Crippen LogP contribution is 2.19. The number of allylic oxidation sites excluding steroid dienone is 1. The molecule has 5 heteroatoms. The molecule has 1 aliphatic heterocycles. The number of amides is 1. The molecular formula is C23H34FN3O. The maximum absolute atomic E-state index is 13.1. The number of hydrogen-bond donors (Lipinski definition) is 1. The standard InChI is InChI=1S/C23H34FN3O/c1-19(23(28)25-13-12-20-6-3-2-4-7-20)27-15-5-14-26(16-17-27)18-21-8-10-22(24)11-9-21/h6,8-11,19H,2-5,7,12-18H2,1H3,(H,25,28). The minimum Gasteiger partial charge on any atom is -0.354 e. The van der Waals surface area contributed by atoms with Gasteiger partial charge in [0.2, 0.25) is 5.91 Å². The molecule has 1 atom stereocenters. The lowest BCUT2D eigenvalue weighted by Gasteiger charge is -2.27. The normalized spacial score (nSPS) is 20.3. The van der Waals surface area contributed by atoms with Gasteiger partial charge in [0, 0.05) is 32.7 Å². The van der Waals surface area contributed by atoms with Gasteiger partial charge in [0.15, 0.2) is 0 Å². The molecule has 1 unspecified atom stereocenters. The molecule has 1 aliphatic carbocycles. The molecule has 2 aliphatic rings. The summed E-state index contributed by atoms with van der Waals surface area (Å²) in [5.74, 6) is -0.0474. The zero-order valence-electron chi connectivity index (χ0n) is 17.1. The largest absolute Gasteiger partial charge is 0.354 e. The van der Waals surface area contributed by atoms with Gasteiger partial charge in [0.1, 0.15) is 5.82 Å². The molecular weight excluding hydrogens is 353 g/mol. The minimum absolute atomic E-state index is 0.0916. The SMILES string of the molecule is CC(C(=O)NCCC1=CCCCC1)N1CCCN(Cc2ccc(F)cc2)CC1. The van der Waals surface area contributed by atoms with Crippen molar-refractivity contribution in [3.63, 3.8) is 0 Å². The summed E-state index contributed by atoms with van der Waals surface area (Å²) in [4.78, 5) is 17.3. The van der Waals surface area contributed by atoms with Crippen LogP contribution in [-0.4, -0.2) is 54.5 Å². The van der Waals surface area contributed by atoms with Crippen molar-refractivity contribution >= 4 is 5.91 Å². The Hall–Kier alpha value is -1.72. The van der Waals surface area contributed by atoms with Crippen LogP contribution in [0.2, 0.25) is 0 Å². The molecule has 1 heterocycles. The molecule has 0 aromatic heterocycles. The summed E-state index contributed by atoms with van der Waals surface area (Å²) in [5.41, 5.74) is 2.64. The van der Waals surface area contributed by atoms with Crippen LogP contribution in [-0.2, 0) is 11.3 Å². The zero-order valence-corrected chi connectivity index (χ0v) is 17.1. The maximum atomic E-state index is 13.1. The van der Waals surface area contributed by atoms with Gasteiger partial charge in [-0.2, -0.15) is 0 Å². The van der Waals surface area contributed by atoms with Gasteiger partial charge in [0.25, 0.3) is 0 Å². The summed E-state index contributed by atoms with van der Waals surface area (Å²) in [7, 11) is 0. The summed E-state index contributed by atoms with van der Waals surface area (Å²) >= 11 is 0. The molecule has 1 fully saturated rings. The van der Waals surface area contributed by atoms with Crippen LogP contribution in [0.25, 0.3) is 0 Å². The quantitative estimate of drug-likeness (QED) is 0.724. The van der Waals surface area contributed by atoms with Gasteiger partial charge in [-0.05, 0) is 69.7 Å². The summed E-state index contributed by atoms with van der Waals surface area (Å²) in [6.07, 6.45) is 9.38. The Balaban J connectivity index is 1.41. The van der Waals surface area contributed by atoms with Crippen LogP contribution in [0, 0.1) is 5.82 Å². The van der Waals surface area contributed by atoms with E-state index in [9.17, 15) is 9.18 Å². The summed E-state index contributed by atoms with van der Waals surface area (Å²) in [6, 6.07) is 6.67. The van der Waals surface area contributed by atoms with Gasteiger partial charge in [0.05, 0.1) is 6.04 Å². The zero-order chi connectivity index (χ0) is 19.8. The van der Waals surface area contributed by atoms with Gasteiger partial charge in [-0.3, -0.25) is 14.6 Å². The Morgan fingerprint density at radius 1 is 1.11 bits per heavy atom. The lowest BCUT2D eigenvalue weighted by molar-refractivity contribution is -0.125. The third-order valence-corrected chi connectivity index (χ3v) is 6.00. The highest BCUT2D eigenvalue weighted by molar-refractivity contribution is 5.81. The van der Waals surface area contributed by atoms with E-state index < -0.39 is 0 Å². The number of benzene rings is 1. The van der Waals surface area contributed by atoms with Crippen LogP contribution in [0.5, 0.6) is 0 Å². The smallest absolute Gasteiger partial charge is 0.237 e. The summed E-state index contributed by atoms with van der Waals surface area (Å²) in [6.45, 7) is 7.38. The van der Waals surface area contributed by atoms with E-state index >= 15 is 0 Å². The van der Waals surface area contributed by atoms with E-state index in [-0.39, 0.29) is 17.8 Å². The average molecular weight is 388 g/mol. The van der Waals surface area contributed by atoms with E-state index in [1.165, 1.54) is 43.4 Å². The number of carbonyl (C=O) groups is 1. The summed E-state index contributed by atoms with van der Waals surface area (Å²) in [5, 5.41) is 3.13. The van der Waals surface area contributed by atoms with E-state index in [1.54, 1.807) is 0 Å². The minimum atomic E-state index is -0.189. The van der Waals surface area contributed by atoms with Gasteiger partial charge >= 0.3 is 0 Å². The van der Waals surface area contributed by atoms with E-state index in [1.807, 2.05) is 19.1 Å². The van der Waals surface area contributed by atoms with Crippen molar-refractivity contribution in [3.8, 4) is 0 Å². The fourth-order valence-electron chi connectivity index (χ4n) is 4.18. The molecule has 28 heavy (non-hydrogen) atoms. The van der Waals surface area contributed by atoms with Crippen molar-refractivity contribution in [2.75, 3.05) is 32.7 Å². The van der Waals surface area contributed by atoms with Crippen molar-refractivity contribution < 1.29 is 9.18 Å². The van der Waals surface area contributed by atoms with Crippen LogP contribution in [0.1, 0.15) is 51.0 Å². The second kappa shape index (κ2) is 10.7. The first-order valence-corrected chi connectivity index (χ1v) is 10.8. The van der Waals surface area contributed by atoms with Crippen LogP contribution < -0.4 is 5.32 Å². The molecule has 1 aromatic carbocycles. The predicted octanol–water partition coefficient (Wildman–Crippen LogP) is 3.73. The first-order valence-electron chi connectivity index (χ1n) is 10.8. The Morgan fingerprint density at radius 2 is 1.93 bits per heavy atom. The second-order valence-electron chi connectivity index (χ2n) is 8.12. The number of nitrogens with one attached hydrogen (secondary N) is 1. The first kappa shape index (κ1) is 21.0. The number of hydrogen-bond acceptors (Lipinski definition) is 3. The lowest BCUT2D eigenvalue weighted by atomic mass is 9.97. The highest BCUT2D eigenvalue weighted by Gasteiger charge is 2.24. The number of carbonyl (C=O) groups excluding carboxylic acids is 1. The van der Waals surface area contributed by atoms with Crippen LogP contribution in [0.4, 0.5) is 4.39 Å². The highest BCUT2D eigenvalue weighted by atomic mass is 19.1. The van der Waals surface area contributed by atoms with Gasteiger partial charge < -0.3 is 5.32 Å². The number of halogens is 1. The van der Waals surface area contributed by atoms with E-state index in [0.717, 1.165) is 57.7 Å². The number of rotatable bonds is 7. The fourth-order valence-corrected chi connectivity index (χ4v) is 4.18. The Morgan fingerprint density at radius 3 is 2.68 bits per heavy atom. The van der Waals surface area contributed by atoms with Crippen molar-refractivity contribution in [2.24, 2.45) is 0 Å². The van der Waals surface area contributed by atoms with Gasteiger partial charge in [-0.1, -0.05) is 23.8 Å². The molecule has 0 radical (unpaired) electrons. The molecule has 0 spiro atoms. The van der Waals surface area contributed by atoms with Gasteiger partial charge in [-0.15, -0.1) is 0 Å². The van der Waals surface area contributed by atoms with E-state index in [0.29, 0.717) is 0 Å². The van der Waals surface area contributed by atoms with Crippen molar-refractivity contribution in [3.05, 3.63) is 47.3 Å². The molecule has 3 rings (SSSR count). The van der Waals surface area contributed by atoms with E-state index in [2.05, 4.69) is 21.2 Å². The third-order valence-electron chi connectivity index (χ3n) is 6.00. The summed E-state index contributed by atoms with van der Waals surface area (Å²) < 4.78 is 13.1. The molecule has 154 valence electrons. The van der Waals surface area contributed by atoms with Gasteiger partial charge in [-0.25, -0.2) is 4.39 Å². The first-order chi connectivity index (χ1) is 13.6. The van der Waals surface area contributed by atoms with Crippen molar-refractivity contribution in [1.29, 1.82) is 0 Å². The number of nitrogens with zero attached hydrogens (tertiary/aromatic N) is 2. The van der Waals surface area contributed by atoms with Crippen LogP contribution in [0.3, 0.4) is 0 Å². The van der Waals surface area contributed by atoms with Crippen molar-refractivity contribution in [1.82, 2.24) is 15.1 Å². The molecule has 0 saturated carbocycles. The molecule has 1 aromatic rings. The molecule has 1 saturated heterocycles. The Kier molecular flexibility index (Phi) is 8.04. The fraction of sp³-hybridized carbons (Fsp3) is 0.609. The second-order valence-corrected chi connectivity index (χ2v) is 8.12. The molecule has 1 N–H and O–H groups in total. The predicted molar refractivity (Wildman–Crippen MR) is 112 cm³/mol. The van der Waals surface area contributed by atoms with Crippen molar-refractivity contribution in [2.45, 2.75) is 58.0 Å². The molecule has 1 amide bonds. The van der Waals surface area contributed by atoms with E-state index in [4.69, 9.17) is 0 Å².